The van der Waals surface area contributed by atoms with Gasteiger partial charge in [0, 0.05) is 6.04 Å². The second-order valence-electron chi connectivity index (χ2n) is 4.29. The van der Waals surface area contributed by atoms with Crippen LogP contribution in [-0.4, -0.2) is 17.1 Å². The molecule has 2 unspecified atom stereocenters. The van der Waals surface area contributed by atoms with E-state index in [9.17, 15) is 9.90 Å². The first-order chi connectivity index (χ1) is 8.27. The molecule has 0 aromatic heterocycles. The molecule has 0 heterocycles. The molecule has 1 aromatic rings. The summed E-state index contributed by atoms with van der Waals surface area (Å²) in [5.74, 6) is -0.326. The summed E-state index contributed by atoms with van der Waals surface area (Å²) in [6, 6.07) is 9.05. The Hall–Kier alpha value is -1.61. The summed E-state index contributed by atoms with van der Waals surface area (Å²) >= 11 is 0. The topological polar surface area (TPSA) is 49.3 Å². The molecule has 17 heavy (non-hydrogen) atoms. The molecule has 2 N–H and O–H groups in total. The predicted molar refractivity (Wildman–Crippen MR) is 66.3 cm³/mol. The predicted octanol–water partition coefficient (Wildman–Crippen LogP) is 1.94. The highest BCUT2D eigenvalue weighted by Gasteiger charge is 2.19. The van der Waals surface area contributed by atoms with Crippen molar-refractivity contribution in [2.24, 2.45) is 0 Å². The third-order valence-corrected chi connectivity index (χ3v) is 2.95. The summed E-state index contributed by atoms with van der Waals surface area (Å²) in [6.07, 6.45) is 6.11. The van der Waals surface area contributed by atoms with Gasteiger partial charge < -0.3 is 10.4 Å². The van der Waals surface area contributed by atoms with Crippen molar-refractivity contribution in [1.29, 1.82) is 0 Å². The minimum absolute atomic E-state index is 0.0645. The Balaban J connectivity index is 1.95. The number of amides is 1. The molecular weight excluding hydrogens is 214 g/mol. The molecule has 1 aliphatic carbocycles. The normalized spacial score (nSPS) is 20.9. The van der Waals surface area contributed by atoms with E-state index in [-0.39, 0.29) is 11.9 Å². The molecular formula is C14H17NO2. The van der Waals surface area contributed by atoms with E-state index in [0.717, 1.165) is 19.3 Å². The molecule has 0 bridgehead atoms. The molecule has 1 aliphatic rings. The van der Waals surface area contributed by atoms with Gasteiger partial charge in [0.15, 0.2) is 6.10 Å². The van der Waals surface area contributed by atoms with Gasteiger partial charge in [0.2, 0.25) is 0 Å². The van der Waals surface area contributed by atoms with Gasteiger partial charge in [-0.05, 0) is 24.8 Å². The lowest BCUT2D eigenvalue weighted by molar-refractivity contribution is -0.130. The SMILES string of the molecule is O=C(NC1C=CCCC1)C(O)c1ccccc1. The Kier molecular flexibility index (Phi) is 3.94. The largest absolute Gasteiger partial charge is 0.378 e. The average molecular weight is 231 g/mol. The molecule has 2 atom stereocenters. The fraction of sp³-hybridized carbons (Fsp3) is 0.357. The summed E-state index contributed by atoms with van der Waals surface area (Å²) in [7, 11) is 0. The molecule has 0 fully saturated rings. The zero-order valence-corrected chi connectivity index (χ0v) is 9.67. The van der Waals surface area contributed by atoms with Crippen molar-refractivity contribution in [3.63, 3.8) is 0 Å². The van der Waals surface area contributed by atoms with E-state index in [2.05, 4.69) is 11.4 Å². The van der Waals surface area contributed by atoms with E-state index in [1.165, 1.54) is 0 Å². The molecule has 0 saturated heterocycles. The van der Waals surface area contributed by atoms with Crippen LogP contribution in [-0.2, 0) is 4.79 Å². The molecule has 0 saturated carbocycles. The number of carbonyl (C=O) groups excluding carboxylic acids is 1. The minimum Gasteiger partial charge on any atom is -0.378 e. The van der Waals surface area contributed by atoms with Gasteiger partial charge in [0.1, 0.15) is 0 Å². The molecule has 1 amide bonds. The zero-order chi connectivity index (χ0) is 12.1. The van der Waals surface area contributed by atoms with E-state index in [1.807, 2.05) is 24.3 Å². The number of aliphatic hydroxyl groups excluding tert-OH is 1. The summed E-state index contributed by atoms with van der Waals surface area (Å²) in [5, 5.41) is 12.7. The van der Waals surface area contributed by atoms with Crippen LogP contribution in [0.25, 0.3) is 0 Å². The van der Waals surface area contributed by atoms with Crippen LogP contribution < -0.4 is 5.32 Å². The minimum atomic E-state index is -1.08. The summed E-state index contributed by atoms with van der Waals surface area (Å²) in [5.41, 5.74) is 0.629. The highest BCUT2D eigenvalue weighted by atomic mass is 16.3. The van der Waals surface area contributed by atoms with Gasteiger partial charge in [-0.25, -0.2) is 0 Å². The quantitative estimate of drug-likeness (QED) is 0.781. The van der Waals surface area contributed by atoms with Gasteiger partial charge in [0.25, 0.3) is 5.91 Å². The van der Waals surface area contributed by atoms with Crippen LogP contribution in [0.4, 0.5) is 0 Å². The Morgan fingerprint density at radius 2 is 2.12 bits per heavy atom. The molecule has 0 radical (unpaired) electrons. The number of hydrogen-bond acceptors (Lipinski definition) is 2. The number of hydrogen-bond donors (Lipinski definition) is 2. The molecule has 2 rings (SSSR count). The maximum atomic E-state index is 11.8. The number of allylic oxidation sites excluding steroid dienone is 1. The van der Waals surface area contributed by atoms with Crippen LogP contribution in [0, 0.1) is 0 Å². The maximum Gasteiger partial charge on any atom is 0.253 e. The first kappa shape index (κ1) is 11.9. The van der Waals surface area contributed by atoms with Crippen molar-refractivity contribution in [2.45, 2.75) is 31.4 Å². The third kappa shape index (κ3) is 3.17. The van der Waals surface area contributed by atoms with E-state index in [1.54, 1.807) is 12.1 Å². The summed E-state index contributed by atoms with van der Waals surface area (Å²) < 4.78 is 0. The Morgan fingerprint density at radius 1 is 1.35 bits per heavy atom. The lowest BCUT2D eigenvalue weighted by Gasteiger charge is -2.20. The Bertz CT molecular complexity index is 400. The number of nitrogens with one attached hydrogen (secondary N) is 1. The van der Waals surface area contributed by atoms with Crippen LogP contribution >= 0.6 is 0 Å². The molecule has 3 nitrogen and oxygen atoms in total. The standard InChI is InChI=1S/C14H17NO2/c16-13(11-7-3-1-4-8-11)14(17)15-12-9-5-2-6-10-12/h1,3-5,7-9,12-13,16H,2,6,10H2,(H,15,17). The Morgan fingerprint density at radius 3 is 2.76 bits per heavy atom. The monoisotopic (exact) mass is 231 g/mol. The van der Waals surface area contributed by atoms with Gasteiger partial charge >= 0.3 is 0 Å². The second kappa shape index (κ2) is 5.64. The Labute approximate surface area is 101 Å². The van der Waals surface area contributed by atoms with Crippen molar-refractivity contribution in [3.8, 4) is 0 Å². The van der Waals surface area contributed by atoms with Crippen LogP contribution in [0.5, 0.6) is 0 Å². The van der Waals surface area contributed by atoms with Crippen LogP contribution in [0.1, 0.15) is 30.9 Å². The second-order valence-corrected chi connectivity index (χ2v) is 4.29. The number of aliphatic hydroxyl groups is 1. The van der Waals surface area contributed by atoms with Crippen LogP contribution in [0.15, 0.2) is 42.5 Å². The molecule has 0 aliphatic heterocycles. The van der Waals surface area contributed by atoms with Crippen molar-refractivity contribution in [2.75, 3.05) is 0 Å². The van der Waals surface area contributed by atoms with Crippen molar-refractivity contribution < 1.29 is 9.90 Å². The average Bonchev–Trinajstić information content (AvgIpc) is 2.40. The molecule has 1 aromatic carbocycles. The third-order valence-electron chi connectivity index (χ3n) is 2.95. The summed E-state index contributed by atoms with van der Waals surface area (Å²) in [4.78, 5) is 11.8. The van der Waals surface area contributed by atoms with Gasteiger partial charge in [-0.1, -0.05) is 42.5 Å². The van der Waals surface area contributed by atoms with E-state index in [0.29, 0.717) is 5.56 Å². The maximum absolute atomic E-state index is 11.8. The van der Waals surface area contributed by atoms with E-state index in [4.69, 9.17) is 0 Å². The summed E-state index contributed by atoms with van der Waals surface area (Å²) in [6.45, 7) is 0. The van der Waals surface area contributed by atoms with Crippen molar-refractivity contribution in [1.82, 2.24) is 5.32 Å². The van der Waals surface area contributed by atoms with Gasteiger partial charge in [-0.3, -0.25) is 4.79 Å². The van der Waals surface area contributed by atoms with Gasteiger partial charge in [-0.15, -0.1) is 0 Å². The molecule has 90 valence electrons. The van der Waals surface area contributed by atoms with Gasteiger partial charge in [0.05, 0.1) is 0 Å². The van der Waals surface area contributed by atoms with E-state index >= 15 is 0 Å². The highest BCUT2D eigenvalue weighted by molar-refractivity contribution is 5.82. The fourth-order valence-electron chi connectivity index (χ4n) is 1.98. The van der Waals surface area contributed by atoms with Crippen molar-refractivity contribution in [3.05, 3.63) is 48.0 Å². The number of benzene rings is 1. The first-order valence-corrected chi connectivity index (χ1v) is 5.97. The lowest BCUT2D eigenvalue weighted by atomic mass is 10.0. The number of rotatable bonds is 3. The molecule has 3 heteroatoms. The van der Waals surface area contributed by atoms with Crippen LogP contribution in [0.3, 0.4) is 0 Å². The smallest absolute Gasteiger partial charge is 0.253 e. The van der Waals surface area contributed by atoms with E-state index < -0.39 is 6.10 Å². The highest BCUT2D eigenvalue weighted by Crippen LogP contribution is 2.15. The van der Waals surface area contributed by atoms with Gasteiger partial charge in [-0.2, -0.15) is 0 Å². The molecule has 0 spiro atoms. The zero-order valence-electron chi connectivity index (χ0n) is 9.67. The van der Waals surface area contributed by atoms with Crippen molar-refractivity contribution >= 4 is 5.91 Å². The lowest BCUT2D eigenvalue weighted by Crippen LogP contribution is -2.37. The van der Waals surface area contributed by atoms with Crippen LogP contribution in [0.2, 0.25) is 0 Å². The number of carbonyl (C=O) groups is 1. The first-order valence-electron chi connectivity index (χ1n) is 5.97. The fourth-order valence-corrected chi connectivity index (χ4v) is 1.98.